The molecule has 0 radical (unpaired) electrons. The summed E-state index contributed by atoms with van der Waals surface area (Å²) >= 11 is 0. The second-order valence-corrected chi connectivity index (χ2v) is 10.4. The summed E-state index contributed by atoms with van der Waals surface area (Å²) in [7, 11) is 0. The third-order valence-electron chi connectivity index (χ3n) is 9.66. The first-order valence-corrected chi connectivity index (χ1v) is 11.4. The number of rotatable bonds is 6. The molecule has 11 nitrogen and oxygen atoms in total. The molecule has 6 aliphatic rings. The maximum Gasteiger partial charge on any atom is 0.338 e. The number of carbonyl (C=O) groups excluding carboxylic acids is 1. The maximum absolute atomic E-state index is 12.7. The molecule has 1 spiro atoms. The van der Waals surface area contributed by atoms with E-state index in [1.807, 2.05) is 0 Å². The maximum atomic E-state index is 12.7. The molecule has 3 aliphatic heterocycles. The van der Waals surface area contributed by atoms with E-state index in [1.54, 1.807) is 37.3 Å². The molecule has 5 N–H and O–H groups in total. The fourth-order valence-corrected chi connectivity index (χ4v) is 8.25. The Bertz CT molecular complexity index is 1070. The molecule has 3 saturated heterocycles. The number of fused-ring (bicyclic) bond motifs is 2. The minimum atomic E-state index is -1.60. The zero-order chi connectivity index (χ0) is 23.9. The molecule has 0 amide bonds. The number of hydrogen-bond donors (Lipinski definition) is 5. The molecule has 12 atom stereocenters. The van der Waals surface area contributed by atoms with Crippen molar-refractivity contribution in [1.29, 1.82) is 0 Å². The lowest BCUT2D eigenvalue weighted by Crippen LogP contribution is -3.20. The molecule has 6 unspecified atom stereocenters. The largest absolute Gasteiger partial charge is 0.461 e. The molecule has 1 aromatic carbocycles. The van der Waals surface area contributed by atoms with Gasteiger partial charge in [-0.1, -0.05) is 18.2 Å². The van der Waals surface area contributed by atoms with E-state index in [0.29, 0.717) is 5.56 Å². The first kappa shape index (κ1) is 21.6. The van der Waals surface area contributed by atoms with Gasteiger partial charge in [0.1, 0.15) is 47.6 Å². The van der Waals surface area contributed by atoms with E-state index in [-0.39, 0.29) is 18.9 Å². The predicted molar refractivity (Wildman–Crippen MR) is 107 cm³/mol. The highest BCUT2D eigenvalue weighted by molar-refractivity contribution is 5.89. The summed E-state index contributed by atoms with van der Waals surface area (Å²) in [5.41, 5.74) is -3.40. The van der Waals surface area contributed by atoms with Crippen molar-refractivity contribution >= 4 is 5.97 Å². The summed E-state index contributed by atoms with van der Waals surface area (Å²) in [4.78, 5) is 12.7. The molecule has 11 heteroatoms. The third kappa shape index (κ3) is 1.77. The zero-order valence-electron chi connectivity index (χ0n) is 18.2. The number of aliphatic hydroxyl groups excluding tert-OH is 4. The van der Waals surface area contributed by atoms with Gasteiger partial charge in [0, 0.05) is 5.92 Å². The molecule has 3 aliphatic carbocycles. The number of ether oxygens (including phenoxy) is 5. The van der Waals surface area contributed by atoms with Gasteiger partial charge in [-0.05, 0) is 25.5 Å². The van der Waals surface area contributed by atoms with Crippen LogP contribution in [0.5, 0.6) is 0 Å². The number of hydrogen-bond acceptors (Lipinski definition) is 11. The minimum absolute atomic E-state index is 0.0655. The second-order valence-electron chi connectivity index (χ2n) is 10.4. The van der Waals surface area contributed by atoms with E-state index < -0.39 is 77.4 Å². The lowest BCUT2D eigenvalue weighted by molar-refractivity contribution is -0.792. The molecule has 3 heterocycles. The highest BCUT2D eigenvalue weighted by atomic mass is 16.8. The molecule has 0 aromatic heterocycles. The van der Waals surface area contributed by atoms with E-state index >= 15 is 0 Å². The van der Waals surface area contributed by atoms with Gasteiger partial charge in [0.25, 0.3) is 0 Å². The first-order valence-electron chi connectivity index (χ1n) is 11.4. The molecular formula is C23H26O11. The Labute approximate surface area is 193 Å². The van der Waals surface area contributed by atoms with Gasteiger partial charge >= 0.3 is 5.97 Å². The lowest BCUT2D eigenvalue weighted by atomic mass is 9.08. The Balaban J connectivity index is 1.20. The van der Waals surface area contributed by atoms with Gasteiger partial charge in [0.05, 0.1) is 17.6 Å². The molecule has 7 rings (SSSR count). The Kier molecular flexibility index (Phi) is 3.92. The van der Waals surface area contributed by atoms with Crippen molar-refractivity contribution in [2.45, 2.75) is 67.3 Å². The van der Waals surface area contributed by atoms with Crippen LogP contribution in [0.4, 0.5) is 0 Å². The van der Waals surface area contributed by atoms with Gasteiger partial charge < -0.3 is 49.2 Å². The van der Waals surface area contributed by atoms with E-state index in [2.05, 4.69) is 0 Å². The van der Waals surface area contributed by atoms with Crippen LogP contribution in [0.3, 0.4) is 0 Å². The van der Waals surface area contributed by atoms with E-state index in [1.165, 1.54) is 0 Å². The van der Waals surface area contributed by atoms with Crippen molar-refractivity contribution in [3.8, 4) is 0 Å². The first-order chi connectivity index (χ1) is 16.1. The van der Waals surface area contributed by atoms with E-state index in [9.17, 15) is 30.3 Å². The average molecular weight is 478 g/mol. The molecule has 1 aromatic rings. The molecule has 3 saturated carbocycles. The van der Waals surface area contributed by atoms with Crippen LogP contribution in [0.25, 0.3) is 0 Å². The number of carbonyl (C=O) groups is 1. The Morgan fingerprint density at radius 3 is 2.53 bits per heavy atom. The quantitative estimate of drug-likeness (QED) is 0.295. The van der Waals surface area contributed by atoms with Crippen LogP contribution in [0.15, 0.2) is 30.3 Å². The van der Waals surface area contributed by atoms with Gasteiger partial charge in [-0.15, -0.1) is 0 Å². The predicted octanol–water partition coefficient (Wildman–Crippen LogP) is -1.75. The SMILES string of the molecule is C[C@@]12OC3O[C@@]4(O)[C@@H]5C[C@@]1(OC1OC(CO)C(O)C(O)C1O)[C@]5(COC(=O)c1ccccc1)[C@]324. The Hall–Kier alpha value is -1.67. The number of aliphatic hydroxyl groups is 5. The molecule has 34 heavy (non-hydrogen) atoms. The van der Waals surface area contributed by atoms with E-state index in [0.717, 1.165) is 0 Å². The van der Waals surface area contributed by atoms with Crippen LogP contribution in [0, 0.1) is 16.7 Å². The van der Waals surface area contributed by atoms with Crippen molar-refractivity contribution in [2.75, 3.05) is 13.2 Å². The average Bonchev–Trinajstić information content (AvgIpc) is 2.82. The standard InChI is InChI=1S/C23H26O11/c1-19-21(32-17-15(27)14(26)13(25)11(8-24)31-17)7-12-20(21,22(19)18(33-19)34-23(12,22)29)9-30-16(28)10-5-3-2-4-6-10/h2-6,11-15,17-18,24-27,29H,7-9H2,1H3/t11?,12-,13?,14?,15?,17?,18?,19-,20-,21+,22+,23+/m1/s1. The summed E-state index contributed by atoms with van der Waals surface area (Å²) in [5.74, 6) is -2.32. The van der Waals surface area contributed by atoms with E-state index in [4.69, 9.17) is 23.7 Å². The van der Waals surface area contributed by atoms with Crippen molar-refractivity contribution < 1.29 is 54.0 Å². The van der Waals surface area contributed by atoms with Crippen LogP contribution in [-0.2, 0) is 23.7 Å². The van der Waals surface area contributed by atoms with Crippen molar-refractivity contribution in [2.24, 2.45) is 16.7 Å². The molecule has 184 valence electrons. The Morgan fingerprint density at radius 1 is 1.12 bits per heavy atom. The number of benzene rings is 1. The van der Waals surface area contributed by atoms with Gasteiger partial charge in [-0.3, -0.25) is 0 Å². The van der Waals surface area contributed by atoms with Crippen LogP contribution in [-0.4, -0.2) is 98.7 Å². The summed E-state index contributed by atoms with van der Waals surface area (Å²) in [6.07, 6.45) is -7.61. The topological polar surface area (TPSA) is 164 Å². The highest BCUT2D eigenvalue weighted by Gasteiger charge is 3.18. The van der Waals surface area contributed by atoms with Crippen molar-refractivity contribution in [1.82, 2.24) is 0 Å². The molecule has 6 fully saturated rings. The fourth-order valence-electron chi connectivity index (χ4n) is 8.25. The zero-order valence-corrected chi connectivity index (χ0v) is 18.2. The highest BCUT2D eigenvalue weighted by Crippen LogP contribution is 3.03. The monoisotopic (exact) mass is 478 g/mol. The summed E-state index contributed by atoms with van der Waals surface area (Å²) < 4.78 is 29.2. The summed E-state index contributed by atoms with van der Waals surface area (Å²) in [5, 5.41) is 51.6. The molecular weight excluding hydrogens is 452 g/mol. The number of esters is 1. The van der Waals surface area contributed by atoms with Crippen molar-refractivity contribution in [3.63, 3.8) is 0 Å². The van der Waals surface area contributed by atoms with Gasteiger partial charge in [0.15, 0.2) is 18.4 Å². The van der Waals surface area contributed by atoms with Crippen LogP contribution in [0.1, 0.15) is 23.7 Å². The lowest BCUT2D eigenvalue weighted by Gasteiger charge is -3.05. The Morgan fingerprint density at radius 2 is 1.85 bits per heavy atom. The summed E-state index contributed by atoms with van der Waals surface area (Å²) in [6.45, 7) is 1.13. The van der Waals surface area contributed by atoms with Gasteiger partial charge in [-0.2, -0.15) is 0 Å². The van der Waals surface area contributed by atoms with Gasteiger partial charge in [0.2, 0.25) is 0 Å². The van der Waals surface area contributed by atoms with Crippen LogP contribution in [0.2, 0.25) is 0 Å². The van der Waals surface area contributed by atoms with Crippen LogP contribution < -0.4 is 0 Å². The van der Waals surface area contributed by atoms with Gasteiger partial charge in [-0.25, -0.2) is 4.79 Å². The smallest absolute Gasteiger partial charge is 0.338 e. The second kappa shape index (κ2) is 6.17. The molecule has 0 bridgehead atoms. The fraction of sp³-hybridized carbons (Fsp3) is 0.696. The normalized spacial score (nSPS) is 57.4. The third-order valence-corrected chi connectivity index (χ3v) is 9.66. The van der Waals surface area contributed by atoms with Crippen LogP contribution >= 0.6 is 0 Å². The van der Waals surface area contributed by atoms with Crippen molar-refractivity contribution in [3.05, 3.63) is 35.9 Å². The summed E-state index contributed by atoms with van der Waals surface area (Å²) in [6, 6.07) is 8.53. The minimum Gasteiger partial charge on any atom is -0.461 e.